The molecular formula is C33H36O5S. The van der Waals surface area contributed by atoms with Crippen LogP contribution in [0.5, 0.6) is 0 Å². The maximum absolute atomic E-state index is 12.4. The van der Waals surface area contributed by atoms with E-state index in [4.69, 9.17) is 14.2 Å². The number of carbonyl (C=O) groups is 2. The summed E-state index contributed by atoms with van der Waals surface area (Å²) in [7, 11) is 0. The Morgan fingerprint density at radius 3 is 2.18 bits per heavy atom. The van der Waals surface area contributed by atoms with Gasteiger partial charge >= 0.3 is 5.97 Å². The van der Waals surface area contributed by atoms with Gasteiger partial charge in [-0.15, -0.1) is 11.8 Å². The van der Waals surface area contributed by atoms with Crippen molar-refractivity contribution in [2.75, 3.05) is 6.61 Å². The van der Waals surface area contributed by atoms with Crippen molar-refractivity contribution in [2.24, 2.45) is 0 Å². The number of esters is 1. The molecule has 0 aromatic heterocycles. The van der Waals surface area contributed by atoms with E-state index in [9.17, 15) is 9.59 Å². The SMILES string of the molecule is CC(=O)OC(COCc1ccccc1)C(OCc1ccccc1)C1Sc2ccc(C(C)(C)C)cc2C=C1C=O. The van der Waals surface area contributed by atoms with E-state index in [-0.39, 0.29) is 17.3 Å². The van der Waals surface area contributed by atoms with Crippen LogP contribution >= 0.6 is 11.8 Å². The van der Waals surface area contributed by atoms with Crippen molar-refractivity contribution in [1.29, 1.82) is 0 Å². The van der Waals surface area contributed by atoms with E-state index in [2.05, 4.69) is 39.0 Å². The van der Waals surface area contributed by atoms with Crippen molar-refractivity contribution in [3.8, 4) is 0 Å². The molecule has 3 aromatic rings. The Balaban J connectivity index is 1.64. The van der Waals surface area contributed by atoms with Crippen LogP contribution in [-0.2, 0) is 42.4 Å². The highest BCUT2D eigenvalue weighted by atomic mass is 32.2. The fraction of sp³-hybridized carbons (Fsp3) is 0.333. The molecule has 39 heavy (non-hydrogen) atoms. The molecule has 4 rings (SSSR count). The third-order valence-corrected chi connectivity index (χ3v) is 8.00. The van der Waals surface area contributed by atoms with Crippen LogP contribution in [0.4, 0.5) is 0 Å². The summed E-state index contributed by atoms with van der Waals surface area (Å²) in [5.74, 6) is -0.427. The van der Waals surface area contributed by atoms with Gasteiger partial charge in [0.1, 0.15) is 12.4 Å². The second kappa shape index (κ2) is 13.2. The first-order valence-electron chi connectivity index (χ1n) is 13.2. The number of benzene rings is 3. The molecule has 0 fully saturated rings. The third kappa shape index (κ3) is 7.91. The summed E-state index contributed by atoms with van der Waals surface area (Å²) in [6.07, 6.45) is 1.49. The van der Waals surface area contributed by atoms with Crippen molar-refractivity contribution in [3.05, 3.63) is 107 Å². The normalized spacial score (nSPS) is 16.5. The number of rotatable bonds is 11. The molecule has 6 heteroatoms. The summed E-state index contributed by atoms with van der Waals surface area (Å²) < 4.78 is 18.3. The predicted molar refractivity (Wildman–Crippen MR) is 155 cm³/mol. The van der Waals surface area contributed by atoms with Gasteiger partial charge < -0.3 is 14.2 Å². The van der Waals surface area contributed by atoms with Gasteiger partial charge in [-0.2, -0.15) is 0 Å². The quantitative estimate of drug-likeness (QED) is 0.196. The van der Waals surface area contributed by atoms with Gasteiger partial charge in [-0.25, -0.2) is 0 Å². The molecule has 1 heterocycles. The van der Waals surface area contributed by atoms with E-state index in [0.717, 1.165) is 27.9 Å². The molecule has 1 aliphatic heterocycles. The fourth-order valence-electron chi connectivity index (χ4n) is 4.49. The van der Waals surface area contributed by atoms with Crippen LogP contribution < -0.4 is 0 Å². The molecule has 204 valence electrons. The summed E-state index contributed by atoms with van der Waals surface area (Å²) in [6, 6.07) is 26.0. The summed E-state index contributed by atoms with van der Waals surface area (Å²) in [4.78, 5) is 25.7. The van der Waals surface area contributed by atoms with Crippen LogP contribution in [0.15, 0.2) is 89.3 Å². The smallest absolute Gasteiger partial charge is 0.303 e. The molecule has 3 atom stereocenters. The lowest BCUT2D eigenvalue weighted by molar-refractivity contribution is -0.161. The molecule has 0 N–H and O–H groups in total. The molecular weight excluding hydrogens is 508 g/mol. The Kier molecular flexibility index (Phi) is 9.78. The van der Waals surface area contributed by atoms with E-state index in [1.807, 2.05) is 66.7 Å². The molecule has 0 amide bonds. The number of hydrogen-bond acceptors (Lipinski definition) is 6. The monoisotopic (exact) mass is 544 g/mol. The van der Waals surface area contributed by atoms with Gasteiger partial charge in [0.2, 0.25) is 0 Å². The number of hydrogen-bond donors (Lipinski definition) is 0. The standard InChI is InChI=1S/C33H36O5S/c1-23(35)38-29(22-36-20-24-11-7-5-8-12-24)31(37-21-25-13-9-6-10-14-25)32-27(19-34)17-26-18-28(33(2,3)4)15-16-30(26)39-32/h5-19,29,31-32H,20-22H2,1-4H3. The first-order chi connectivity index (χ1) is 18.7. The van der Waals surface area contributed by atoms with Crippen LogP contribution in [0.1, 0.15) is 49.9 Å². The van der Waals surface area contributed by atoms with Crippen LogP contribution in [0.2, 0.25) is 0 Å². The molecule has 0 saturated heterocycles. The fourth-order valence-corrected chi connectivity index (χ4v) is 5.81. The summed E-state index contributed by atoms with van der Waals surface area (Å²) >= 11 is 1.57. The molecule has 3 unspecified atom stereocenters. The molecule has 1 aliphatic rings. The van der Waals surface area contributed by atoms with Gasteiger partial charge in [-0.05, 0) is 39.8 Å². The van der Waals surface area contributed by atoms with Crippen LogP contribution in [-0.4, -0.2) is 36.3 Å². The molecule has 0 saturated carbocycles. The Bertz CT molecular complexity index is 1280. The second-order valence-electron chi connectivity index (χ2n) is 10.7. The van der Waals surface area contributed by atoms with Crippen LogP contribution in [0.25, 0.3) is 6.08 Å². The Morgan fingerprint density at radius 1 is 0.949 bits per heavy atom. The maximum atomic E-state index is 12.4. The van der Waals surface area contributed by atoms with E-state index in [1.165, 1.54) is 12.5 Å². The number of fused-ring (bicyclic) bond motifs is 1. The topological polar surface area (TPSA) is 61.8 Å². The summed E-state index contributed by atoms with van der Waals surface area (Å²) in [5, 5.41) is -0.385. The molecule has 0 bridgehead atoms. The minimum Gasteiger partial charge on any atom is -0.457 e. The zero-order chi connectivity index (χ0) is 27.8. The average molecular weight is 545 g/mol. The van der Waals surface area contributed by atoms with Crippen LogP contribution in [0.3, 0.4) is 0 Å². The largest absolute Gasteiger partial charge is 0.457 e. The maximum Gasteiger partial charge on any atom is 0.303 e. The van der Waals surface area contributed by atoms with E-state index >= 15 is 0 Å². The molecule has 0 radical (unpaired) electrons. The highest BCUT2D eigenvalue weighted by Gasteiger charge is 2.38. The minimum absolute atomic E-state index is 0.0103. The lowest BCUT2D eigenvalue weighted by Gasteiger charge is -2.35. The zero-order valence-electron chi connectivity index (χ0n) is 23.0. The van der Waals surface area contributed by atoms with Crippen molar-refractivity contribution in [1.82, 2.24) is 0 Å². The van der Waals surface area contributed by atoms with Gasteiger partial charge in [-0.3, -0.25) is 9.59 Å². The highest BCUT2D eigenvalue weighted by molar-refractivity contribution is 8.00. The first-order valence-corrected chi connectivity index (χ1v) is 14.0. The minimum atomic E-state index is -0.717. The van der Waals surface area contributed by atoms with Gasteiger partial charge in [-0.1, -0.05) is 93.6 Å². The van der Waals surface area contributed by atoms with E-state index < -0.39 is 18.2 Å². The van der Waals surface area contributed by atoms with Gasteiger partial charge in [0, 0.05) is 17.4 Å². The lowest BCUT2D eigenvalue weighted by Crippen LogP contribution is -2.44. The molecule has 0 spiro atoms. The van der Waals surface area contributed by atoms with Gasteiger partial charge in [0.25, 0.3) is 0 Å². The number of carbonyl (C=O) groups excluding carboxylic acids is 2. The Labute approximate surface area is 235 Å². The average Bonchev–Trinajstić information content (AvgIpc) is 2.92. The molecule has 0 aliphatic carbocycles. The van der Waals surface area contributed by atoms with Gasteiger partial charge in [0.05, 0.1) is 25.1 Å². The van der Waals surface area contributed by atoms with Crippen molar-refractivity contribution in [3.63, 3.8) is 0 Å². The third-order valence-electron chi connectivity index (χ3n) is 6.58. The first kappa shape index (κ1) is 28.8. The molecule has 3 aromatic carbocycles. The molecule has 5 nitrogen and oxygen atoms in total. The predicted octanol–water partition coefficient (Wildman–Crippen LogP) is 6.77. The van der Waals surface area contributed by atoms with E-state index in [0.29, 0.717) is 18.8 Å². The van der Waals surface area contributed by atoms with Crippen LogP contribution in [0, 0.1) is 0 Å². The Morgan fingerprint density at radius 2 is 1.59 bits per heavy atom. The van der Waals surface area contributed by atoms with Crippen molar-refractivity contribution in [2.45, 2.75) is 68.7 Å². The zero-order valence-corrected chi connectivity index (χ0v) is 23.8. The summed E-state index contributed by atoms with van der Waals surface area (Å²) in [6.45, 7) is 8.70. The lowest BCUT2D eigenvalue weighted by atomic mass is 9.86. The summed E-state index contributed by atoms with van der Waals surface area (Å²) in [5.41, 5.74) is 4.80. The van der Waals surface area contributed by atoms with Gasteiger partial charge in [0.15, 0.2) is 6.10 Å². The number of ether oxygens (including phenoxy) is 3. The van der Waals surface area contributed by atoms with Crippen molar-refractivity contribution < 1.29 is 23.8 Å². The number of aldehydes is 1. The van der Waals surface area contributed by atoms with E-state index in [1.54, 1.807) is 11.8 Å². The Hall–Kier alpha value is -3.19. The van der Waals surface area contributed by atoms with Crippen molar-refractivity contribution >= 4 is 30.1 Å². The number of thioether (sulfide) groups is 1. The second-order valence-corrected chi connectivity index (χ2v) is 11.9. The highest BCUT2D eigenvalue weighted by Crippen LogP contribution is 2.42.